The number of rotatable bonds is 13. The Balaban J connectivity index is 1.78. The van der Waals surface area contributed by atoms with Gasteiger partial charge < -0.3 is 9.53 Å². The Hall–Kier alpha value is -0.370. The van der Waals surface area contributed by atoms with Crippen LogP contribution in [0.1, 0.15) is 90.9 Å². The molecule has 0 aromatic rings. The quantitative estimate of drug-likeness (QED) is 0.346. The monoisotopic (exact) mass is 268 g/mol. The number of ether oxygens (including phenoxy) is 1. The Labute approximate surface area is 119 Å². The maximum atomic E-state index is 10.8. The molecule has 0 radical (unpaired) electrons. The van der Waals surface area contributed by atoms with Gasteiger partial charge in [0.2, 0.25) is 0 Å². The minimum absolute atomic E-state index is 0.331. The van der Waals surface area contributed by atoms with Crippen LogP contribution in [-0.4, -0.2) is 18.0 Å². The fourth-order valence-corrected chi connectivity index (χ4v) is 2.71. The molecule has 0 aromatic heterocycles. The Bertz CT molecular complexity index is 237. The van der Waals surface area contributed by atoms with E-state index in [2.05, 4.69) is 6.92 Å². The minimum atomic E-state index is 0.331. The van der Waals surface area contributed by atoms with Gasteiger partial charge in [-0.1, -0.05) is 58.3 Å². The van der Waals surface area contributed by atoms with Gasteiger partial charge in [0.1, 0.15) is 5.78 Å². The molecule has 1 fully saturated rings. The molecule has 0 bridgehead atoms. The third-order valence-corrected chi connectivity index (χ3v) is 4.05. The second kappa shape index (κ2) is 10.4. The fourth-order valence-electron chi connectivity index (χ4n) is 2.71. The van der Waals surface area contributed by atoms with Crippen molar-refractivity contribution in [3.8, 4) is 0 Å². The van der Waals surface area contributed by atoms with Gasteiger partial charge in [-0.25, -0.2) is 0 Å². The predicted molar refractivity (Wildman–Crippen MR) is 80.4 cm³/mol. The normalized spacial score (nSPS) is 21.6. The summed E-state index contributed by atoms with van der Waals surface area (Å²) in [5, 5.41) is 0. The molecule has 0 amide bonds. The molecule has 1 aliphatic heterocycles. The van der Waals surface area contributed by atoms with Crippen molar-refractivity contribution >= 4 is 5.78 Å². The summed E-state index contributed by atoms with van der Waals surface area (Å²) >= 11 is 0. The highest BCUT2D eigenvalue weighted by Gasteiger charge is 2.36. The van der Waals surface area contributed by atoms with Gasteiger partial charge in [0.15, 0.2) is 0 Å². The maximum absolute atomic E-state index is 10.8. The molecule has 1 heterocycles. The molecule has 19 heavy (non-hydrogen) atoms. The molecule has 1 aliphatic rings. The molecular weight excluding hydrogens is 236 g/mol. The van der Waals surface area contributed by atoms with E-state index in [0.29, 0.717) is 18.0 Å². The van der Waals surface area contributed by atoms with Crippen LogP contribution in [0.5, 0.6) is 0 Å². The Morgan fingerprint density at radius 1 is 0.842 bits per heavy atom. The summed E-state index contributed by atoms with van der Waals surface area (Å²) in [6, 6.07) is 0. The zero-order valence-electron chi connectivity index (χ0n) is 13.0. The lowest BCUT2D eigenvalue weighted by atomic mass is 10.0. The smallest absolute Gasteiger partial charge is 0.129 e. The van der Waals surface area contributed by atoms with Gasteiger partial charge in [0, 0.05) is 6.42 Å². The van der Waals surface area contributed by atoms with Crippen molar-refractivity contribution in [2.24, 2.45) is 0 Å². The van der Waals surface area contributed by atoms with E-state index in [0.717, 1.165) is 12.8 Å². The molecule has 0 N–H and O–H groups in total. The molecule has 0 saturated carbocycles. The SMILES string of the molecule is CCCCCCC1OC1CCCCCCCC(C)=O. The van der Waals surface area contributed by atoms with Crippen LogP contribution in [0.3, 0.4) is 0 Å². The first-order valence-electron chi connectivity index (χ1n) is 8.39. The van der Waals surface area contributed by atoms with Gasteiger partial charge in [-0.3, -0.25) is 0 Å². The van der Waals surface area contributed by atoms with Crippen LogP contribution in [0.15, 0.2) is 0 Å². The van der Waals surface area contributed by atoms with E-state index in [9.17, 15) is 4.79 Å². The van der Waals surface area contributed by atoms with Crippen molar-refractivity contribution in [2.75, 3.05) is 0 Å². The van der Waals surface area contributed by atoms with E-state index in [1.807, 2.05) is 0 Å². The number of hydrogen-bond donors (Lipinski definition) is 0. The van der Waals surface area contributed by atoms with Gasteiger partial charge >= 0.3 is 0 Å². The van der Waals surface area contributed by atoms with Crippen molar-refractivity contribution in [3.63, 3.8) is 0 Å². The van der Waals surface area contributed by atoms with Crippen molar-refractivity contribution in [2.45, 2.75) is 103 Å². The zero-order valence-corrected chi connectivity index (χ0v) is 13.0. The number of unbranched alkanes of at least 4 members (excludes halogenated alkanes) is 7. The molecule has 1 rings (SSSR count). The molecule has 2 nitrogen and oxygen atoms in total. The summed E-state index contributed by atoms with van der Waals surface area (Å²) in [4.78, 5) is 10.8. The van der Waals surface area contributed by atoms with Crippen LogP contribution in [0.4, 0.5) is 0 Å². The largest absolute Gasteiger partial charge is 0.370 e. The van der Waals surface area contributed by atoms with Crippen LogP contribution in [0.25, 0.3) is 0 Å². The first kappa shape index (κ1) is 16.7. The van der Waals surface area contributed by atoms with E-state index in [-0.39, 0.29) is 0 Å². The lowest BCUT2D eigenvalue weighted by molar-refractivity contribution is -0.117. The van der Waals surface area contributed by atoms with Crippen LogP contribution >= 0.6 is 0 Å². The fraction of sp³-hybridized carbons (Fsp3) is 0.941. The lowest BCUT2D eigenvalue weighted by Gasteiger charge is -2.00. The minimum Gasteiger partial charge on any atom is -0.370 e. The molecule has 1 saturated heterocycles. The second-order valence-electron chi connectivity index (χ2n) is 6.07. The summed E-state index contributed by atoms with van der Waals surface area (Å²) in [5.41, 5.74) is 0. The van der Waals surface area contributed by atoms with Crippen molar-refractivity contribution in [3.05, 3.63) is 0 Å². The van der Waals surface area contributed by atoms with E-state index in [1.165, 1.54) is 64.2 Å². The summed E-state index contributed by atoms with van der Waals surface area (Å²) < 4.78 is 5.71. The van der Waals surface area contributed by atoms with E-state index in [4.69, 9.17) is 4.74 Å². The summed E-state index contributed by atoms with van der Waals surface area (Å²) in [6.45, 7) is 3.94. The molecule has 2 unspecified atom stereocenters. The second-order valence-corrected chi connectivity index (χ2v) is 6.07. The zero-order chi connectivity index (χ0) is 13.9. The highest BCUT2D eigenvalue weighted by molar-refractivity contribution is 5.75. The van der Waals surface area contributed by atoms with Gasteiger partial charge in [-0.2, -0.15) is 0 Å². The highest BCUT2D eigenvalue weighted by atomic mass is 16.6. The number of epoxide rings is 1. The average Bonchev–Trinajstić information content (AvgIpc) is 3.12. The molecule has 0 spiro atoms. The lowest BCUT2D eigenvalue weighted by Crippen LogP contribution is -1.95. The first-order chi connectivity index (χ1) is 9.24. The molecule has 112 valence electrons. The van der Waals surface area contributed by atoms with Gasteiger partial charge in [0.05, 0.1) is 12.2 Å². The van der Waals surface area contributed by atoms with Gasteiger partial charge in [-0.05, 0) is 26.2 Å². The topological polar surface area (TPSA) is 29.6 Å². The van der Waals surface area contributed by atoms with Crippen molar-refractivity contribution < 1.29 is 9.53 Å². The van der Waals surface area contributed by atoms with Crippen LogP contribution in [0.2, 0.25) is 0 Å². The standard InChI is InChI=1S/C17H32O2/c1-3-4-5-10-13-16-17(19-16)14-11-8-6-7-9-12-15(2)18/h16-17H,3-14H2,1-2H3. The summed E-state index contributed by atoms with van der Waals surface area (Å²) in [5.74, 6) is 0.331. The van der Waals surface area contributed by atoms with Crippen molar-refractivity contribution in [1.29, 1.82) is 0 Å². The average molecular weight is 268 g/mol. The summed E-state index contributed by atoms with van der Waals surface area (Å²) in [7, 11) is 0. The third kappa shape index (κ3) is 9.21. The Morgan fingerprint density at radius 3 is 1.95 bits per heavy atom. The molecule has 0 aromatic carbocycles. The Morgan fingerprint density at radius 2 is 1.37 bits per heavy atom. The number of ketones is 1. The van der Waals surface area contributed by atoms with E-state index in [1.54, 1.807) is 6.92 Å². The molecule has 2 heteroatoms. The van der Waals surface area contributed by atoms with Crippen LogP contribution in [-0.2, 0) is 9.53 Å². The predicted octanol–water partition coefficient (Wildman–Crippen LogP) is 5.04. The number of carbonyl (C=O) groups excluding carboxylic acids is 1. The van der Waals surface area contributed by atoms with Gasteiger partial charge in [-0.15, -0.1) is 0 Å². The van der Waals surface area contributed by atoms with Crippen LogP contribution in [0, 0.1) is 0 Å². The summed E-state index contributed by atoms with van der Waals surface area (Å²) in [6.07, 6.45) is 16.1. The molecule has 0 aliphatic carbocycles. The Kier molecular flexibility index (Phi) is 9.15. The number of carbonyl (C=O) groups is 1. The highest BCUT2D eigenvalue weighted by Crippen LogP contribution is 2.31. The van der Waals surface area contributed by atoms with Crippen molar-refractivity contribution in [1.82, 2.24) is 0 Å². The first-order valence-corrected chi connectivity index (χ1v) is 8.39. The maximum Gasteiger partial charge on any atom is 0.129 e. The van der Waals surface area contributed by atoms with Gasteiger partial charge in [0.25, 0.3) is 0 Å². The molecule has 2 atom stereocenters. The number of Topliss-reactive ketones (excluding diaryl/α,β-unsaturated/α-hetero) is 1. The third-order valence-electron chi connectivity index (χ3n) is 4.05. The number of hydrogen-bond acceptors (Lipinski definition) is 2. The van der Waals surface area contributed by atoms with E-state index < -0.39 is 0 Å². The van der Waals surface area contributed by atoms with Crippen LogP contribution < -0.4 is 0 Å². The molecular formula is C17H32O2. The van der Waals surface area contributed by atoms with E-state index >= 15 is 0 Å².